The van der Waals surface area contributed by atoms with E-state index in [1.165, 1.54) is 18.7 Å². The molecule has 22 heavy (non-hydrogen) atoms. The first kappa shape index (κ1) is 20.8. The second-order valence-corrected chi connectivity index (χ2v) is 6.24. The summed E-state index contributed by atoms with van der Waals surface area (Å²) >= 11 is 1.52. The Balaban J connectivity index is 0.00000441. The smallest absolute Gasteiger partial charge is 0.235 e. The SMILES string of the molecule is CNCCN(C)C(=O)C(C)Sc1ccc(NC(C)=O)cc1.Cl. The Morgan fingerprint density at radius 1 is 1.27 bits per heavy atom. The number of carbonyl (C=O) groups excluding carboxylic acids is 2. The second-order valence-electron chi connectivity index (χ2n) is 4.83. The van der Waals surface area contributed by atoms with Crippen molar-refractivity contribution in [1.29, 1.82) is 0 Å². The molecule has 0 bridgehead atoms. The van der Waals surface area contributed by atoms with E-state index in [4.69, 9.17) is 0 Å². The largest absolute Gasteiger partial charge is 0.344 e. The average molecular weight is 346 g/mol. The number of amides is 2. The van der Waals surface area contributed by atoms with Gasteiger partial charge in [-0.15, -0.1) is 24.2 Å². The van der Waals surface area contributed by atoms with Gasteiger partial charge in [0.2, 0.25) is 11.8 Å². The Bertz CT molecular complexity index is 482. The maximum absolute atomic E-state index is 12.2. The fraction of sp³-hybridized carbons (Fsp3) is 0.467. The van der Waals surface area contributed by atoms with Crippen molar-refractivity contribution in [1.82, 2.24) is 10.2 Å². The molecule has 0 aliphatic heterocycles. The number of hydrogen-bond donors (Lipinski definition) is 2. The third-order valence-electron chi connectivity index (χ3n) is 2.91. The summed E-state index contributed by atoms with van der Waals surface area (Å²) in [5.41, 5.74) is 0.761. The minimum atomic E-state index is -0.140. The lowest BCUT2D eigenvalue weighted by molar-refractivity contribution is -0.129. The molecule has 1 aromatic carbocycles. The van der Waals surface area contributed by atoms with Gasteiger partial charge < -0.3 is 15.5 Å². The van der Waals surface area contributed by atoms with Crippen LogP contribution in [0.15, 0.2) is 29.2 Å². The van der Waals surface area contributed by atoms with Gasteiger partial charge in [0.15, 0.2) is 0 Å². The highest BCUT2D eigenvalue weighted by Crippen LogP contribution is 2.25. The minimum Gasteiger partial charge on any atom is -0.344 e. The summed E-state index contributed by atoms with van der Waals surface area (Å²) in [4.78, 5) is 25.9. The van der Waals surface area contributed by atoms with E-state index in [0.29, 0.717) is 6.54 Å². The molecule has 0 saturated heterocycles. The maximum Gasteiger partial charge on any atom is 0.235 e. The van der Waals surface area contributed by atoms with E-state index in [2.05, 4.69) is 10.6 Å². The van der Waals surface area contributed by atoms with Crippen LogP contribution in [0.2, 0.25) is 0 Å². The molecule has 1 rings (SSSR count). The Hall–Kier alpha value is -1.24. The number of hydrogen-bond acceptors (Lipinski definition) is 4. The Kier molecular flexibility index (Phi) is 9.89. The highest BCUT2D eigenvalue weighted by Gasteiger charge is 2.18. The zero-order chi connectivity index (χ0) is 15.8. The lowest BCUT2D eigenvalue weighted by Crippen LogP contribution is -2.37. The number of likely N-dealkylation sites (N-methyl/N-ethyl adjacent to an activating group) is 2. The number of nitrogens with zero attached hydrogens (tertiary/aromatic N) is 1. The fourth-order valence-corrected chi connectivity index (χ4v) is 2.76. The molecule has 0 aliphatic rings. The summed E-state index contributed by atoms with van der Waals surface area (Å²) < 4.78 is 0. The summed E-state index contributed by atoms with van der Waals surface area (Å²) in [6.45, 7) is 4.86. The molecule has 2 amide bonds. The Morgan fingerprint density at radius 2 is 1.86 bits per heavy atom. The van der Waals surface area contributed by atoms with Gasteiger partial charge in [-0.1, -0.05) is 0 Å². The summed E-state index contributed by atoms with van der Waals surface area (Å²) in [6, 6.07) is 7.50. The Labute approximate surface area is 142 Å². The number of rotatable bonds is 7. The van der Waals surface area contributed by atoms with Crippen molar-refractivity contribution in [2.75, 3.05) is 32.5 Å². The lowest BCUT2D eigenvalue weighted by atomic mass is 10.3. The topological polar surface area (TPSA) is 61.4 Å². The number of halogens is 1. The van der Waals surface area contributed by atoms with Crippen molar-refractivity contribution in [3.8, 4) is 0 Å². The molecule has 0 spiro atoms. The standard InChI is InChI=1S/C15H23N3O2S.ClH/c1-11(15(20)18(4)10-9-16-3)21-14-7-5-13(6-8-14)17-12(2)19;/h5-8,11,16H,9-10H2,1-4H3,(H,17,19);1H. The van der Waals surface area contributed by atoms with Gasteiger partial charge in [-0.3, -0.25) is 9.59 Å². The predicted molar refractivity (Wildman–Crippen MR) is 94.9 cm³/mol. The molecule has 5 nitrogen and oxygen atoms in total. The number of anilines is 1. The van der Waals surface area contributed by atoms with Crippen LogP contribution in [0.5, 0.6) is 0 Å². The normalized spacial score (nSPS) is 11.3. The van der Waals surface area contributed by atoms with Crippen molar-refractivity contribution >= 4 is 41.7 Å². The van der Waals surface area contributed by atoms with Gasteiger partial charge in [-0.05, 0) is 38.2 Å². The monoisotopic (exact) mass is 345 g/mol. The summed E-state index contributed by atoms with van der Waals surface area (Å²) in [5.74, 6) is 0.0197. The summed E-state index contributed by atoms with van der Waals surface area (Å²) in [7, 11) is 3.68. The van der Waals surface area contributed by atoms with E-state index in [-0.39, 0.29) is 29.5 Å². The van der Waals surface area contributed by atoms with Gasteiger partial charge in [0.25, 0.3) is 0 Å². The third-order valence-corrected chi connectivity index (χ3v) is 4.01. The molecule has 0 heterocycles. The third kappa shape index (κ3) is 7.15. The van der Waals surface area contributed by atoms with Gasteiger partial charge in [-0.25, -0.2) is 0 Å². The molecule has 7 heteroatoms. The molecule has 0 aliphatic carbocycles. The van der Waals surface area contributed by atoms with Crippen molar-refractivity contribution in [3.63, 3.8) is 0 Å². The van der Waals surface area contributed by atoms with Crippen LogP contribution in [0.3, 0.4) is 0 Å². The molecular weight excluding hydrogens is 322 g/mol. The number of benzene rings is 1. The van der Waals surface area contributed by atoms with Crippen molar-refractivity contribution in [3.05, 3.63) is 24.3 Å². The average Bonchev–Trinajstić information content (AvgIpc) is 2.45. The second kappa shape index (κ2) is 10.5. The molecule has 1 unspecified atom stereocenters. The van der Waals surface area contributed by atoms with E-state index >= 15 is 0 Å². The number of thioether (sulfide) groups is 1. The molecule has 2 N–H and O–H groups in total. The van der Waals surface area contributed by atoms with E-state index in [0.717, 1.165) is 17.1 Å². The van der Waals surface area contributed by atoms with Crippen molar-refractivity contribution in [2.45, 2.75) is 24.0 Å². The van der Waals surface area contributed by atoms with Crippen LogP contribution in [0.25, 0.3) is 0 Å². The van der Waals surface area contributed by atoms with Crippen LogP contribution < -0.4 is 10.6 Å². The van der Waals surface area contributed by atoms with E-state index in [1.807, 2.05) is 45.3 Å². The van der Waals surface area contributed by atoms with Crippen LogP contribution in [0.1, 0.15) is 13.8 Å². The van der Waals surface area contributed by atoms with Crippen molar-refractivity contribution < 1.29 is 9.59 Å². The summed E-state index contributed by atoms with van der Waals surface area (Å²) in [5, 5.41) is 5.61. The maximum atomic E-state index is 12.2. The Morgan fingerprint density at radius 3 is 2.36 bits per heavy atom. The van der Waals surface area contributed by atoms with Gasteiger partial charge in [-0.2, -0.15) is 0 Å². The minimum absolute atomic E-state index is 0. The molecule has 0 radical (unpaired) electrons. The van der Waals surface area contributed by atoms with Gasteiger partial charge in [0.05, 0.1) is 5.25 Å². The van der Waals surface area contributed by atoms with Crippen LogP contribution in [0, 0.1) is 0 Å². The van der Waals surface area contributed by atoms with Crippen LogP contribution in [-0.4, -0.2) is 49.1 Å². The molecule has 0 saturated carbocycles. The van der Waals surface area contributed by atoms with E-state index in [9.17, 15) is 9.59 Å². The molecule has 1 aromatic rings. The first-order chi connectivity index (χ1) is 9.93. The fourth-order valence-electron chi connectivity index (χ4n) is 1.77. The van der Waals surface area contributed by atoms with E-state index < -0.39 is 0 Å². The molecular formula is C15H24ClN3O2S. The molecule has 0 fully saturated rings. The molecule has 0 aromatic heterocycles. The predicted octanol–water partition coefficient (Wildman–Crippen LogP) is 2.23. The van der Waals surface area contributed by atoms with Gasteiger partial charge in [0, 0.05) is 37.6 Å². The van der Waals surface area contributed by atoms with Crippen molar-refractivity contribution in [2.24, 2.45) is 0 Å². The number of carbonyl (C=O) groups is 2. The highest BCUT2D eigenvalue weighted by molar-refractivity contribution is 8.00. The zero-order valence-electron chi connectivity index (χ0n) is 13.4. The van der Waals surface area contributed by atoms with Gasteiger partial charge >= 0.3 is 0 Å². The molecule has 1 atom stereocenters. The van der Waals surface area contributed by atoms with Gasteiger partial charge in [0.1, 0.15) is 0 Å². The highest BCUT2D eigenvalue weighted by atomic mass is 35.5. The van der Waals surface area contributed by atoms with Crippen LogP contribution >= 0.6 is 24.2 Å². The first-order valence-corrected chi connectivity index (χ1v) is 7.76. The quantitative estimate of drug-likeness (QED) is 0.744. The zero-order valence-corrected chi connectivity index (χ0v) is 15.0. The van der Waals surface area contributed by atoms with Crippen LogP contribution in [-0.2, 0) is 9.59 Å². The first-order valence-electron chi connectivity index (χ1n) is 6.88. The summed E-state index contributed by atoms with van der Waals surface area (Å²) in [6.07, 6.45) is 0. The van der Waals surface area contributed by atoms with E-state index in [1.54, 1.807) is 4.90 Å². The lowest BCUT2D eigenvalue weighted by Gasteiger charge is -2.21. The molecule has 124 valence electrons. The number of nitrogens with one attached hydrogen (secondary N) is 2. The van der Waals surface area contributed by atoms with Crippen LogP contribution in [0.4, 0.5) is 5.69 Å².